The topological polar surface area (TPSA) is 83.1 Å². The lowest BCUT2D eigenvalue weighted by Crippen LogP contribution is -2.38. The Hall–Kier alpha value is -1.37. The molecule has 1 aliphatic carbocycles. The van der Waals surface area contributed by atoms with E-state index in [9.17, 15) is 13.2 Å². The molecule has 104 valence electrons. The number of aromatic amines is 1. The second kappa shape index (κ2) is 4.33. The maximum Gasteiger partial charge on any atom is 0.274 e. The van der Waals surface area contributed by atoms with Gasteiger partial charge >= 0.3 is 0 Å². The summed E-state index contributed by atoms with van der Waals surface area (Å²) in [6, 6.07) is -0.216. The van der Waals surface area contributed by atoms with E-state index in [1.807, 2.05) is 0 Å². The summed E-state index contributed by atoms with van der Waals surface area (Å²) in [5.74, 6) is 0.0806. The van der Waals surface area contributed by atoms with Gasteiger partial charge in [0.2, 0.25) is 0 Å². The van der Waals surface area contributed by atoms with Crippen LogP contribution in [0.3, 0.4) is 0 Å². The van der Waals surface area contributed by atoms with Crippen molar-refractivity contribution in [3.8, 4) is 0 Å². The molecule has 1 unspecified atom stereocenters. The summed E-state index contributed by atoms with van der Waals surface area (Å²) >= 11 is 0. The number of fused-ring (bicyclic) bond motifs is 1. The van der Waals surface area contributed by atoms with E-state index >= 15 is 0 Å². The lowest BCUT2D eigenvalue weighted by atomic mass is 10.1. The number of nitrogens with one attached hydrogen (secondary N) is 1. The minimum absolute atomic E-state index is 0.0713. The zero-order valence-corrected chi connectivity index (χ0v) is 11.7. The lowest BCUT2D eigenvalue weighted by molar-refractivity contribution is 0.0740. The Morgan fingerprint density at radius 3 is 2.89 bits per heavy atom. The molecule has 1 aliphatic heterocycles. The highest BCUT2D eigenvalue weighted by atomic mass is 32.2. The van der Waals surface area contributed by atoms with Gasteiger partial charge in [-0.05, 0) is 25.7 Å². The number of sulfone groups is 1. The molecule has 2 aliphatic rings. The molecular weight excluding hydrogens is 266 g/mol. The van der Waals surface area contributed by atoms with Crippen molar-refractivity contribution in [1.29, 1.82) is 0 Å². The SMILES string of the molecule is CN(C(=O)c1n[nH]c2c1CCC2)C1CCS(=O)(=O)C1. The van der Waals surface area contributed by atoms with Gasteiger partial charge in [0, 0.05) is 24.3 Å². The summed E-state index contributed by atoms with van der Waals surface area (Å²) in [7, 11) is -1.31. The Morgan fingerprint density at radius 2 is 2.21 bits per heavy atom. The third kappa shape index (κ3) is 2.16. The summed E-state index contributed by atoms with van der Waals surface area (Å²) < 4.78 is 23.0. The maximum atomic E-state index is 12.4. The first-order valence-corrected chi connectivity index (χ1v) is 8.34. The zero-order valence-electron chi connectivity index (χ0n) is 10.8. The molecular formula is C12H17N3O3S. The average Bonchev–Trinajstić information content (AvgIpc) is 3.01. The van der Waals surface area contributed by atoms with Crippen molar-refractivity contribution in [2.75, 3.05) is 18.6 Å². The minimum Gasteiger partial charge on any atom is -0.336 e. The van der Waals surface area contributed by atoms with Gasteiger partial charge in [0.05, 0.1) is 11.5 Å². The number of hydrogen-bond acceptors (Lipinski definition) is 4. The van der Waals surface area contributed by atoms with Crippen LogP contribution in [0.4, 0.5) is 0 Å². The van der Waals surface area contributed by atoms with Crippen LogP contribution >= 0.6 is 0 Å². The summed E-state index contributed by atoms with van der Waals surface area (Å²) in [5.41, 5.74) is 2.53. The van der Waals surface area contributed by atoms with Crippen LogP contribution in [0.25, 0.3) is 0 Å². The predicted octanol–water partition coefficient (Wildman–Crippen LogP) is 0.158. The highest BCUT2D eigenvalue weighted by Gasteiger charge is 2.35. The van der Waals surface area contributed by atoms with Gasteiger partial charge in [0.1, 0.15) is 0 Å². The molecule has 1 atom stereocenters. The molecule has 0 radical (unpaired) electrons. The first-order chi connectivity index (χ1) is 8.98. The largest absolute Gasteiger partial charge is 0.336 e. The van der Waals surface area contributed by atoms with Crippen LogP contribution in [0.5, 0.6) is 0 Å². The molecule has 1 fully saturated rings. The predicted molar refractivity (Wildman–Crippen MR) is 69.8 cm³/mol. The van der Waals surface area contributed by atoms with Gasteiger partial charge in [0.15, 0.2) is 15.5 Å². The van der Waals surface area contributed by atoms with Crippen molar-refractivity contribution in [3.05, 3.63) is 17.0 Å². The first kappa shape index (κ1) is 12.7. The third-order valence-corrected chi connectivity index (χ3v) is 5.84. The van der Waals surface area contributed by atoms with Crippen molar-refractivity contribution in [2.24, 2.45) is 0 Å². The van der Waals surface area contributed by atoms with Crippen molar-refractivity contribution < 1.29 is 13.2 Å². The van der Waals surface area contributed by atoms with Crippen LogP contribution in [-0.2, 0) is 22.7 Å². The Kier molecular flexibility index (Phi) is 2.88. The fourth-order valence-electron chi connectivity index (χ4n) is 2.91. The van der Waals surface area contributed by atoms with Crippen molar-refractivity contribution in [1.82, 2.24) is 15.1 Å². The molecule has 1 aromatic heterocycles. The molecule has 3 rings (SSSR count). The molecule has 0 aromatic carbocycles. The number of hydrogen-bond donors (Lipinski definition) is 1. The molecule has 1 N–H and O–H groups in total. The fourth-order valence-corrected chi connectivity index (χ4v) is 4.68. The quantitative estimate of drug-likeness (QED) is 0.838. The van der Waals surface area contributed by atoms with Gasteiger partial charge in [-0.1, -0.05) is 0 Å². The standard InChI is InChI=1S/C12H17N3O3S/c1-15(8-5-6-19(17,18)7-8)12(16)11-9-3-2-4-10(9)13-14-11/h8H,2-7H2,1H3,(H,13,14). The number of carbonyl (C=O) groups excluding carboxylic acids is 1. The molecule has 0 saturated carbocycles. The van der Waals surface area contributed by atoms with Crippen LogP contribution in [0.15, 0.2) is 0 Å². The first-order valence-electron chi connectivity index (χ1n) is 6.51. The Bertz CT molecular complexity index is 620. The van der Waals surface area contributed by atoms with Gasteiger partial charge in [-0.15, -0.1) is 0 Å². The van der Waals surface area contributed by atoms with E-state index in [0.29, 0.717) is 12.1 Å². The molecule has 6 nitrogen and oxygen atoms in total. The number of amides is 1. The van der Waals surface area contributed by atoms with Gasteiger partial charge in [-0.2, -0.15) is 5.10 Å². The lowest BCUT2D eigenvalue weighted by Gasteiger charge is -2.22. The Balaban J connectivity index is 1.80. The molecule has 1 saturated heterocycles. The average molecular weight is 283 g/mol. The van der Waals surface area contributed by atoms with Crippen molar-refractivity contribution in [2.45, 2.75) is 31.7 Å². The van der Waals surface area contributed by atoms with Crippen LogP contribution in [0.1, 0.15) is 34.6 Å². The van der Waals surface area contributed by atoms with E-state index in [4.69, 9.17) is 0 Å². The normalized spacial score (nSPS) is 24.4. The summed E-state index contributed by atoms with van der Waals surface area (Å²) in [5, 5.41) is 7.01. The van der Waals surface area contributed by atoms with Crippen molar-refractivity contribution >= 4 is 15.7 Å². The molecule has 2 heterocycles. The van der Waals surface area contributed by atoms with Gasteiger partial charge in [0.25, 0.3) is 5.91 Å². The number of nitrogens with zero attached hydrogens (tertiary/aromatic N) is 2. The second-order valence-corrected chi connectivity index (χ2v) is 7.58. The molecule has 1 aromatic rings. The minimum atomic E-state index is -2.98. The van der Waals surface area contributed by atoms with Gasteiger partial charge in [-0.3, -0.25) is 9.89 Å². The van der Waals surface area contributed by atoms with E-state index in [-0.39, 0.29) is 23.5 Å². The van der Waals surface area contributed by atoms with Crippen LogP contribution < -0.4 is 0 Å². The summed E-state index contributed by atoms with van der Waals surface area (Å²) in [4.78, 5) is 14.0. The number of aromatic nitrogens is 2. The summed E-state index contributed by atoms with van der Waals surface area (Å²) in [6.07, 6.45) is 3.39. The highest BCUT2D eigenvalue weighted by molar-refractivity contribution is 7.91. The number of aryl methyl sites for hydroxylation is 1. The van der Waals surface area contributed by atoms with E-state index in [1.165, 1.54) is 0 Å². The monoisotopic (exact) mass is 283 g/mol. The molecule has 7 heteroatoms. The summed E-state index contributed by atoms with van der Waals surface area (Å²) in [6.45, 7) is 0. The van der Waals surface area contributed by atoms with Crippen molar-refractivity contribution in [3.63, 3.8) is 0 Å². The Morgan fingerprint density at radius 1 is 1.42 bits per heavy atom. The van der Waals surface area contributed by atoms with E-state index in [1.54, 1.807) is 11.9 Å². The molecule has 0 spiro atoms. The highest BCUT2D eigenvalue weighted by Crippen LogP contribution is 2.25. The molecule has 1 amide bonds. The van der Waals surface area contributed by atoms with E-state index in [2.05, 4.69) is 10.2 Å². The van der Waals surface area contributed by atoms with Gasteiger partial charge in [-0.25, -0.2) is 8.42 Å². The molecule has 0 bridgehead atoms. The van der Waals surface area contributed by atoms with E-state index in [0.717, 1.165) is 30.5 Å². The van der Waals surface area contributed by atoms with Crippen LogP contribution in [0, 0.1) is 0 Å². The fraction of sp³-hybridized carbons (Fsp3) is 0.667. The smallest absolute Gasteiger partial charge is 0.274 e. The number of carbonyl (C=O) groups is 1. The maximum absolute atomic E-state index is 12.4. The molecule has 19 heavy (non-hydrogen) atoms. The Labute approximate surface area is 112 Å². The van der Waals surface area contributed by atoms with Gasteiger partial charge < -0.3 is 4.90 Å². The number of H-pyrrole nitrogens is 1. The van der Waals surface area contributed by atoms with Crippen LogP contribution in [0.2, 0.25) is 0 Å². The number of rotatable bonds is 2. The van der Waals surface area contributed by atoms with E-state index < -0.39 is 9.84 Å². The third-order valence-electron chi connectivity index (χ3n) is 4.09. The zero-order chi connectivity index (χ0) is 13.6. The van der Waals surface area contributed by atoms with Crippen LogP contribution in [-0.4, -0.2) is 54.0 Å². The second-order valence-electron chi connectivity index (χ2n) is 5.36.